The van der Waals surface area contributed by atoms with Crippen molar-refractivity contribution < 1.29 is 0 Å². The first-order chi connectivity index (χ1) is 5.43. The first-order valence-corrected chi connectivity index (χ1v) is 4.07. The summed E-state index contributed by atoms with van der Waals surface area (Å²) in [6, 6.07) is 0. The minimum Gasteiger partial charge on any atom is -0.301 e. The van der Waals surface area contributed by atoms with Gasteiger partial charge in [0, 0.05) is 6.54 Å². The van der Waals surface area contributed by atoms with Crippen molar-refractivity contribution in [1.82, 2.24) is 14.9 Å². The quantitative estimate of drug-likeness (QED) is 0.530. The van der Waals surface area contributed by atoms with Crippen LogP contribution in [0.25, 0.3) is 0 Å². The second kappa shape index (κ2) is 4.83. The lowest BCUT2D eigenvalue weighted by molar-refractivity contribution is 0.779. The van der Waals surface area contributed by atoms with E-state index in [-0.39, 0.29) is 0 Å². The van der Waals surface area contributed by atoms with E-state index >= 15 is 0 Å². The lowest BCUT2D eigenvalue weighted by Gasteiger charge is -1.93. The van der Waals surface area contributed by atoms with Gasteiger partial charge in [-0.15, -0.1) is 11.0 Å². The van der Waals surface area contributed by atoms with Gasteiger partial charge in [-0.3, -0.25) is 0 Å². The van der Waals surface area contributed by atoms with Crippen molar-refractivity contribution in [1.29, 1.82) is 0 Å². The molecule has 4 heteroatoms. The maximum absolute atomic E-state index is 3.74. The van der Waals surface area contributed by atoms with Crippen molar-refractivity contribution in [3.63, 3.8) is 0 Å². The molecule has 0 amide bonds. The van der Waals surface area contributed by atoms with Crippen molar-refractivity contribution in [3.05, 3.63) is 11.1 Å². The number of hydrogen-bond acceptors (Lipinski definition) is 4. The summed E-state index contributed by atoms with van der Waals surface area (Å²) in [5.41, 5.74) is 0. The van der Waals surface area contributed by atoms with Crippen molar-refractivity contribution in [2.45, 2.75) is 13.5 Å². The summed E-state index contributed by atoms with van der Waals surface area (Å²) in [5, 5.41) is 6.86. The Bertz CT molecular complexity index is 244. The van der Waals surface area contributed by atoms with Gasteiger partial charge in [0.25, 0.3) is 0 Å². The van der Waals surface area contributed by atoms with Crippen LogP contribution in [0.1, 0.15) is 11.8 Å². The Morgan fingerprint density at radius 1 is 1.73 bits per heavy atom. The molecule has 1 heterocycles. The largest absolute Gasteiger partial charge is 0.301 e. The molecule has 1 aromatic heterocycles. The molecule has 0 aromatic carbocycles. The molecule has 0 spiro atoms. The maximum Gasteiger partial charge on any atom is 0.0666 e. The second-order valence-corrected chi connectivity index (χ2v) is 2.78. The third kappa shape index (κ3) is 3.12. The number of hydrogen-bond donors (Lipinski definition) is 1. The average molecular weight is 167 g/mol. The van der Waals surface area contributed by atoms with Crippen LogP contribution in [0.5, 0.6) is 0 Å². The predicted molar refractivity (Wildman–Crippen MR) is 45.1 cm³/mol. The molecule has 0 atom stereocenters. The van der Waals surface area contributed by atoms with Gasteiger partial charge in [0.15, 0.2) is 0 Å². The van der Waals surface area contributed by atoms with Crippen LogP contribution in [0.15, 0.2) is 6.20 Å². The van der Waals surface area contributed by atoms with Gasteiger partial charge < -0.3 is 5.32 Å². The number of nitrogens with zero attached hydrogens (tertiary/aromatic N) is 2. The fraction of sp³-hybridized carbons (Fsp3) is 0.429. The molecule has 3 nitrogen and oxygen atoms in total. The molecule has 1 N–H and O–H groups in total. The molecular weight excluding hydrogens is 158 g/mol. The number of rotatable bonds is 3. The molecule has 0 aliphatic heterocycles. The summed E-state index contributed by atoms with van der Waals surface area (Å²) in [5.74, 6) is 5.72. The Balaban J connectivity index is 2.17. The zero-order chi connectivity index (χ0) is 7.94. The fourth-order valence-electron chi connectivity index (χ4n) is 0.602. The van der Waals surface area contributed by atoms with Crippen LogP contribution in [-0.2, 0) is 6.54 Å². The maximum atomic E-state index is 3.74. The van der Waals surface area contributed by atoms with E-state index in [1.807, 2.05) is 6.92 Å². The Labute approximate surface area is 70.0 Å². The summed E-state index contributed by atoms with van der Waals surface area (Å²) >= 11 is 1.41. The third-order valence-electron chi connectivity index (χ3n) is 1.10. The monoisotopic (exact) mass is 167 g/mol. The molecule has 0 saturated carbocycles. The summed E-state index contributed by atoms with van der Waals surface area (Å²) in [4.78, 5) is 1.14. The van der Waals surface area contributed by atoms with Gasteiger partial charge in [-0.25, -0.2) is 0 Å². The Morgan fingerprint density at radius 2 is 2.64 bits per heavy atom. The van der Waals surface area contributed by atoms with E-state index in [0.717, 1.165) is 18.0 Å². The molecule has 0 unspecified atom stereocenters. The van der Waals surface area contributed by atoms with Gasteiger partial charge in [-0.2, -0.15) is 0 Å². The van der Waals surface area contributed by atoms with Crippen LogP contribution < -0.4 is 5.32 Å². The SMILES string of the molecule is CC#CCNCc1cnns1. The Hall–Kier alpha value is -0.920. The molecule has 1 aromatic rings. The highest BCUT2D eigenvalue weighted by molar-refractivity contribution is 7.05. The van der Waals surface area contributed by atoms with E-state index in [1.165, 1.54) is 11.5 Å². The van der Waals surface area contributed by atoms with Gasteiger partial charge in [0.05, 0.1) is 17.6 Å². The van der Waals surface area contributed by atoms with Gasteiger partial charge >= 0.3 is 0 Å². The summed E-state index contributed by atoms with van der Waals surface area (Å²) in [7, 11) is 0. The summed E-state index contributed by atoms with van der Waals surface area (Å²) in [6.07, 6.45) is 1.76. The van der Waals surface area contributed by atoms with E-state index in [0.29, 0.717) is 0 Å². The van der Waals surface area contributed by atoms with Crippen LogP contribution in [0.3, 0.4) is 0 Å². The minimum atomic E-state index is 0.731. The topological polar surface area (TPSA) is 37.8 Å². The lowest BCUT2D eigenvalue weighted by atomic mass is 10.5. The molecule has 0 aliphatic rings. The van der Waals surface area contributed by atoms with E-state index < -0.39 is 0 Å². The molecule has 0 saturated heterocycles. The average Bonchev–Trinajstić information content (AvgIpc) is 2.50. The van der Waals surface area contributed by atoms with Crippen LogP contribution in [0, 0.1) is 11.8 Å². The number of aromatic nitrogens is 2. The minimum absolute atomic E-state index is 0.731. The van der Waals surface area contributed by atoms with Gasteiger partial charge in [0.1, 0.15) is 0 Å². The second-order valence-electron chi connectivity index (χ2n) is 1.91. The molecule has 11 heavy (non-hydrogen) atoms. The molecule has 58 valence electrons. The molecule has 0 aliphatic carbocycles. The van der Waals surface area contributed by atoms with Crippen molar-refractivity contribution in [3.8, 4) is 11.8 Å². The first kappa shape index (κ1) is 8.18. The van der Waals surface area contributed by atoms with Crippen molar-refractivity contribution in [2.24, 2.45) is 0 Å². The highest BCUT2D eigenvalue weighted by Crippen LogP contribution is 1.99. The third-order valence-corrected chi connectivity index (χ3v) is 1.76. The molecule has 0 bridgehead atoms. The van der Waals surface area contributed by atoms with Gasteiger partial charge in [-0.05, 0) is 18.5 Å². The van der Waals surface area contributed by atoms with Crippen LogP contribution in [0.4, 0.5) is 0 Å². The summed E-state index contributed by atoms with van der Waals surface area (Å²) < 4.78 is 3.74. The number of nitrogens with one attached hydrogen (secondary N) is 1. The van der Waals surface area contributed by atoms with Crippen LogP contribution in [0.2, 0.25) is 0 Å². The highest BCUT2D eigenvalue weighted by atomic mass is 32.1. The lowest BCUT2D eigenvalue weighted by Crippen LogP contribution is -2.11. The normalized spacial score (nSPS) is 8.82. The zero-order valence-corrected chi connectivity index (χ0v) is 7.11. The van der Waals surface area contributed by atoms with Gasteiger partial charge in [-0.1, -0.05) is 10.4 Å². The molecular formula is C7H9N3S. The van der Waals surface area contributed by atoms with Crippen molar-refractivity contribution in [2.75, 3.05) is 6.54 Å². The molecule has 0 fully saturated rings. The Kier molecular flexibility index (Phi) is 3.59. The van der Waals surface area contributed by atoms with Crippen molar-refractivity contribution >= 4 is 11.5 Å². The molecule has 1 rings (SSSR count). The van der Waals surface area contributed by atoms with E-state index in [9.17, 15) is 0 Å². The van der Waals surface area contributed by atoms with Crippen LogP contribution >= 0.6 is 11.5 Å². The van der Waals surface area contributed by atoms with Gasteiger partial charge in [0.2, 0.25) is 0 Å². The standard InChI is InChI=1S/C7H9N3S/c1-2-3-4-8-5-7-6-9-10-11-7/h6,8H,4-5H2,1H3. The summed E-state index contributed by atoms with van der Waals surface area (Å²) in [6.45, 7) is 3.37. The zero-order valence-electron chi connectivity index (χ0n) is 6.29. The smallest absolute Gasteiger partial charge is 0.0666 e. The molecule has 0 radical (unpaired) electrons. The van der Waals surface area contributed by atoms with E-state index in [2.05, 4.69) is 26.7 Å². The first-order valence-electron chi connectivity index (χ1n) is 3.30. The fourth-order valence-corrected chi connectivity index (χ4v) is 1.06. The van der Waals surface area contributed by atoms with Crippen LogP contribution in [-0.4, -0.2) is 16.1 Å². The predicted octanol–water partition coefficient (Wildman–Crippen LogP) is 0.651. The van der Waals surface area contributed by atoms with E-state index in [4.69, 9.17) is 0 Å². The highest BCUT2D eigenvalue weighted by Gasteiger charge is 1.91. The Morgan fingerprint density at radius 3 is 3.27 bits per heavy atom. The van der Waals surface area contributed by atoms with E-state index in [1.54, 1.807) is 6.20 Å².